The monoisotopic (exact) mass is 459 g/mol. The second-order valence-corrected chi connectivity index (χ2v) is 9.30. The van der Waals surface area contributed by atoms with Gasteiger partial charge >= 0.3 is 0 Å². The third-order valence-corrected chi connectivity index (χ3v) is 6.73. The maximum atomic E-state index is 13.5. The lowest BCUT2D eigenvalue weighted by Crippen LogP contribution is -2.18. The molecule has 1 aliphatic heterocycles. The van der Waals surface area contributed by atoms with Crippen LogP contribution in [-0.4, -0.2) is 10.7 Å². The smallest absolute Gasteiger partial charge is 0.207 e. The van der Waals surface area contributed by atoms with Crippen LogP contribution in [0.3, 0.4) is 0 Å². The number of nitrogens with zero attached hydrogens (tertiary/aromatic N) is 3. The summed E-state index contributed by atoms with van der Waals surface area (Å²) in [6, 6.07) is 21.4. The predicted molar refractivity (Wildman–Crippen MR) is 131 cm³/mol. The molecule has 3 nitrogen and oxygen atoms in total. The Labute approximate surface area is 196 Å². The molecule has 33 heavy (non-hydrogen) atoms. The van der Waals surface area contributed by atoms with E-state index in [2.05, 4.69) is 38.1 Å². The van der Waals surface area contributed by atoms with Crippen LogP contribution in [0.1, 0.15) is 48.9 Å². The van der Waals surface area contributed by atoms with Gasteiger partial charge in [-0.1, -0.05) is 50.2 Å². The molecule has 0 saturated carbocycles. The molecule has 4 aromatic rings. The van der Waals surface area contributed by atoms with Crippen LogP contribution >= 0.6 is 11.3 Å². The van der Waals surface area contributed by atoms with Crippen LogP contribution in [0.2, 0.25) is 0 Å². The Balaban J connectivity index is 1.51. The Bertz CT molecular complexity index is 1280. The van der Waals surface area contributed by atoms with E-state index in [4.69, 9.17) is 10.1 Å². The zero-order valence-electron chi connectivity index (χ0n) is 18.4. The molecule has 1 aromatic heterocycles. The summed E-state index contributed by atoms with van der Waals surface area (Å²) in [4.78, 5) is 4.81. The first kappa shape index (κ1) is 21.5. The first-order valence-corrected chi connectivity index (χ1v) is 11.8. The van der Waals surface area contributed by atoms with E-state index in [1.165, 1.54) is 41.2 Å². The molecule has 166 valence electrons. The zero-order chi connectivity index (χ0) is 22.9. The lowest BCUT2D eigenvalue weighted by Gasteiger charge is -2.21. The van der Waals surface area contributed by atoms with Gasteiger partial charge in [0, 0.05) is 17.4 Å². The molecular weight excluding hydrogens is 436 g/mol. The highest BCUT2D eigenvalue weighted by Gasteiger charge is 2.31. The van der Waals surface area contributed by atoms with Gasteiger partial charge in [-0.05, 0) is 59.0 Å². The number of rotatable bonds is 5. The molecule has 0 amide bonds. The maximum Gasteiger partial charge on any atom is 0.207 e. The highest BCUT2D eigenvalue weighted by molar-refractivity contribution is 7.14. The average Bonchev–Trinajstić information content (AvgIpc) is 3.48. The normalized spacial score (nSPS) is 15.8. The van der Waals surface area contributed by atoms with Gasteiger partial charge < -0.3 is 0 Å². The largest absolute Gasteiger partial charge is 0.231 e. The van der Waals surface area contributed by atoms with Crippen molar-refractivity contribution in [2.75, 3.05) is 5.01 Å². The van der Waals surface area contributed by atoms with E-state index in [-0.39, 0.29) is 17.7 Å². The molecule has 1 atom stereocenters. The molecule has 0 bridgehead atoms. The van der Waals surface area contributed by atoms with Crippen LogP contribution in [0, 0.1) is 11.6 Å². The molecule has 1 aliphatic rings. The number of hydrogen-bond donors (Lipinski definition) is 0. The highest BCUT2D eigenvalue weighted by atomic mass is 32.1. The van der Waals surface area contributed by atoms with Crippen molar-refractivity contribution >= 4 is 22.2 Å². The lowest BCUT2D eigenvalue weighted by molar-refractivity contribution is 0.627. The van der Waals surface area contributed by atoms with Crippen molar-refractivity contribution in [3.05, 3.63) is 107 Å². The van der Waals surface area contributed by atoms with Gasteiger partial charge in [-0.3, -0.25) is 0 Å². The van der Waals surface area contributed by atoms with E-state index in [0.29, 0.717) is 12.3 Å². The number of hydrazone groups is 1. The van der Waals surface area contributed by atoms with Crippen molar-refractivity contribution in [2.24, 2.45) is 5.10 Å². The summed E-state index contributed by atoms with van der Waals surface area (Å²) in [5.41, 5.74) is 5.88. The van der Waals surface area contributed by atoms with Gasteiger partial charge in [0.05, 0.1) is 17.4 Å². The molecular formula is C27H23F2N3S. The fourth-order valence-corrected chi connectivity index (χ4v) is 4.82. The minimum absolute atomic E-state index is 0.0153. The van der Waals surface area contributed by atoms with Crippen molar-refractivity contribution < 1.29 is 8.78 Å². The van der Waals surface area contributed by atoms with Crippen LogP contribution in [0.5, 0.6) is 0 Å². The standard InChI is InChI=1S/C27H23F2N3S/c1-17(2)18-3-5-21(6-4-18)26-15-24(19-7-11-22(28)12-8-19)31-32(26)27-30-25(16-33-27)20-9-13-23(29)14-10-20/h3-14,16-17,26H,15H2,1-2H3/t26-/m1/s1. The summed E-state index contributed by atoms with van der Waals surface area (Å²) < 4.78 is 26.8. The Morgan fingerprint density at radius 2 is 1.45 bits per heavy atom. The van der Waals surface area contributed by atoms with Gasteiger partial charge in [-0.25, -0.2) is 18.8 Å². The fraction of sp³-hybridized carbons (Fsp3) is 0.185. The Kier molecular flexibility index (Phi) is 5.77. The van der Waals surface area contributed by atoms with Gasteiger partial charge in [-0.15, -0.1) is 11.3 Å². The SMILES string of the molecule is CC(C)c1ccc([C@H]2CC(c3ccc(F)cc3)=NN2c2nc(-c3ccc(F)cc3)cs2)cc1. The molecule has 0 fully saturated rings. The molecule has 0 aliphatic carbocycles. The Morgan fingerprint density at radius 3 is 2.06 bits per heavy atom. The summed E-state index contributed by atoms with van der Waals surface area (Å²) in [6.07, 6.45) is 0.693. The number of hydrogen-bond acceptors (Lipinski definition) is 4. The molecule has 0 unspecified atom stereocenters. The summed E-state index contributed by atoms with van der Waals surface area (Å²) in [5, 5.41) is 9.60. The molecule has 5 rings (SSSR count). The van der Waals surface area contributed by atoms with E-state index in [1.807, 2.05) is 10.4 Å². The third kappa shape index (κ3) is 4.44. The van der Waals surface area contributed by atoms with Crippen LogP contribution in [-0.2, 0) is 0 Å². The van der Waals surface area contributed by atoms with Crippen molar-refractivity contribution in [3.63, 3.8) is 0 Å². The first-order valence-electron chi connectivity index (χ1n) is 10.9. The van der Waals surface area contributed by atoms with Crippen molar-refractivity contribution in [1.29, 1.82) is 0 Å². The van der Waals surface area contributed by atoms with Gasteiger partial charge in [-0.2, -0.15) is 5.10 Å². The van der Waals surface area contributed by atoms with Gasteiger partial charge in [0.15, 0.2) is 0 Å². The third-order valence-electron chi connectivity index (χ3n) is 5.90. The van der Waals surface area contributed by atoms with Gasteiger partial charge in [0.2, 0.25) is 5.13 Å². The van der Waals surface area contributed by atoms with Crippen molar-refractivity contribution in [2.45, 2.75) is 32.2 Å². The Hall–Kier alpha value is -3.38. The van der Waals surface area contributed by atoms with Crippen molar-refractivity contribution in [3.8, 4) is 11.3 Å². The lowest BCUT2D eigenvalue weighted by atomic mass is 9.95. The molecule has 0 saturated heterocycles. The van der Waals surface area contributed by atoms with Gasteiger partial charge in [0.25, 0.3) is 0 Å². The molecule has 0 radical (unpaired) electrons. The minimum atomic E-state index is -0.271. The molecule has 0 spiro atoms. The number of halogens is 2. The van der Waals surface area contributed by atoms with Gasteiger partial charge in [0.1, 0.15) is 11.6 Å². The fourth-order valence-electron chi connectivity index (χ4n) is 3.99. The second-order valence-electron chi connectivity index (χ2n) is 8.46. The molecule has 6 heteroatoms. The summed E-state index contributed by atoms with van der Waals surface area (Å²) in [5.74, 6) is -0.0759. The summed E-state index contributed by atoms with van der Waals surface area (Å²) in [6.45, 7) is 4.36. The number of anilines is 1. The highest BCUT2D eigenvalue weighted by Crippen LogP contribution is 2.39. The van der Waals surface area contributed by atoms with Crippen LogP contribution in [0.25, 0.3) is 11.3 Å². The number of aromatic nitrogens is 1. The van der Waals surface area contributed by atoms with Crippen LogP contribution in [0.15, 0.2) is 83.3 Å². The summed E-state index contributed by atoms with van der Waals surface area (Å²) >= 11 is 1.51. The van der Waals surface area contributed by atoms with Crippen LogP contribution < -0.4 is 5.01 Å². The molecule has 3 aromatic carbocycles. The van der Waals surface area contributed by atoms with Crippen molar-refractivity contribution in [1.82, 2.24) is 4.98 Å². The van der Waals surface area contributed by atoms with E-state index in [0.717, 1.165) is 33.2 Å². The molecule has 2 heterocycles. The van der Waals surface area contributed by atoms with E-state index in [1.54, 1.807) is 24.3 Å². The number of thiazole rings is 1. The second kappa shape index (κ2) is 8.87. The maximum absolute atomic E-state index is 13.5. The minimum Gasteiger partial charge on any atom is -0.231 e. The average molecular weight is 460 g/mol. The molecule has 0 N–H and O–H groups in total. The van der Waals surface area contributed by atoms with Crippen LogP contribution in [0.4, 0.5) is 13.9 Å². The first-order chi connectivity index (χ1) is 16.0. The van der Waals surface area contributed by atoms with E-state index < -0.39 is 0 Å². The van der Waals surface area contributed by atoms with E-state index >= 15 is 0 Å². The topological polar surface area (TPSA) is 28.5 Å². The Morgan fingerprint density at radius 1 is 0.848 bits per heavy atom. The predicted octanol–water partition coefficient (Wildman–Crippen LogP) is 7.57. The zero-order valence-corrected chi connectivity index (χ0v) is 19.2. The number of benzene rings is 3. The summed E-state index contributed by atoms with van der Waals surface area (Å²) in [7, 11) is 0. The quantitative estimate of drug-likeness (QED) is 0.308. The van der Waals surface area contributed by atoms with E-state index in [9.17, 15) is 8.78 Å².